The van der Waals surface area contributed by atoms with E-state index >= 15 is 0 Å². The molecule has 2 aromatic rings. The predicted molar refractivity (Wildman–Crippen MR) is 79.6 cm³/mol. The normalized spacial score (nSPS) is 12.2. The molecule has 0 saturated heterocycles. The first-order valence-corrected chi connectivity index (χ1v) is 6.50. The van der Waals surface area contributed by atoms with E-state index in [1.165, 1.54) is 7.11 Å². The van der Waals surface area contributed by atoms with Crippen LogP contribution in [0.3, 0.4) is 0 Å². The Morgan fingerprint density at radius 3 is 2.67 bits per heavy atom. The number of aryl methyl sites for hydroxylation is 1. The molecule has 1 aromatic heterocycles. The van der Waals surface area contributed by atoms with Gasteiger partial charge in [0.1, 0.15) is 11.8 Å². The number of hydrogen-bond donors (Lipinski definition) is 2. The van der Waals surface area contributed by atoms with Crippen LogP contribution in [0.25, 0.3) is 10.9 Å². The number of aromatic nitrogens is 1. The number of carbonyl (C=O) groups is 1. The molecule has 0 amide bonds. The van der Waals surface area contributed by atoms with E-state index in [1.54, 1.807) is 13.2 Å². The number of H-pyrrole nitrogens is 1. The summed E-state index contributed by atoms with van der Waals surface area (Å²) in [6.07, 6.45) is 0.119. The van der Waals surface area contributed by atoms with Gasteiger partial charge in [-0.05, 0) is 30.7 Å². The van der Waals surface area contributed by atoms with Gasteiger partial charge in [0, 0.05) is 22.9 Å². The number of benzene rings is 1. The van der Waals surface area contributed by atoms with Gasteiger partial charge < -0.3 is 20.2 Å². The van der Waals surface area contributed by atoms with Crippen molar-refractivity contribution < 1.29 is 14.3 Å². The summed E-state index contributed by atoms with van der Waals surface area (Å²) in [7, 11) is 2.86. The number of carbonyl (C=O) groups excluding carboxylic acids is 1. The predicted octanol–water partition coefficient (Wildman–Crippen LogP) is 0.888. The standard InChI is InChI=1S/C15H18N2O4/c1-8-4-12-9(7-13(8)20-2)5-10(14(18)17-12)6-11(16)15(19)21-3/h4-5,7,11H,6,16H2,1-3H3,(H,17,18)/t11-/m0/s1. The van der Waals surface area contributed by atoms with Crippen LogP contribution in [0.15, 0.2) is 23.0 Å². The van der Waals surface area contributed by atoms with E-state index in [0.29, 0.717) is 11.1 Å². The number of nitrogens with one attached hydrogen (secondary N) is 1. The Morgan fingerprint density at radius 1 is 1.33 bits per heavy atom. The van der Waals surface area contributed by atoms with E-state index in [4.69, 9.17) is 10.5 Å². The first kappa shape index (κ1) is 15.1. The Hall–Kier alpha value is -2.34. The molecule has 21 heavy (non-hydrogen) atoms. The highest BCUT2D eigenvalue weighted by Crippen LogP contribution is 2.23. The molecule has 0 unspecified atom stereocenters. The summed E-state index contributed by atoms with van der Waals surface area (Å²) >= 11 is 0. The largest absolute Gasteiger partial charge is 0.496 e. The fourth-order valence-electron chi connectivity index (χ4n) is 2.23. The highest BCUT2D eigenvalue weighted by atomic mass is 16.5. The average molecular weight is 290 g/mol. The number of esters is 1. The fourth-order valence-corrected chi connectivity index (χ4v) is 2.23. The van der Waals surface area contributed by atoms with E-state index in [-0.39, 0.29) is 12.0 Å². The SMILES string of the molecule is COC(=O)[C@@H](N)Cc1cc2cc(OC)c(C)cc2[nH]c1=O. The summed E-state index contributed by atoms with van der Waals surface area (Å²) in [6, 6.07) is 4.55. The maximum atomic E-state index is 12.1. The zero-order chi connectivity index (χ0) is 15.6. The molecule has 0 aliphatic heterocycles. The lowest BCUT2D eigenvalue weighted by atomic mass is 10.0. The van der Waals surface area contributed by atoms with Gasteiger partial charge in [0.25, 0.3) is 5.56 Å². The van der Waals surface area contributed by atoms with Gasteiger partial charge >= 0.3 is 5.97 Å². The lowest BCUT2D eigenvalue weighted by Crippen LogP contribution is -2.35. The van der Waals surface area contributed by atoms with E-state index in [9.17, 15) is 9.59 Å². The molecule has 6 nitrogen and oxygen atoms in total. The summed E-state index contributed by atoms with van der Waals surface area (Å²) < 4.78 is 9.84. The Morgan fingerprint density at radius 2 is 2.05 bits per heavy atom. The third-order valence-corrected chi connectivity index (χ3v) is 3.38. The van der Waals surface area contributed by atoms with Crippen LogP contribution in [-0.2, 0) is 16.0 Å². The van der Waals surface area contributed by atoms with Crippen LogP contribution < -0.4 is 16.0 Å². The lowest BCUT2D eigenvalue weighted by Gasteiger charge is -2.11. The van der Waals surface area contributed by atoms with Gasteiger partial charge in [0.15, 0.2) is 0 Å². The summed E-state index contributed by atoms with van der Waals surface area (Å²) in [5.74, 6) is 0.189. The Balaban J connectivity index is 2.46. The minimum atomic E-state index is -0.860. The van der Waals surface area contributed by atoms with Crippen LogP contribution in [0.5, 0.6) is 5.75 Å². The fraction of sp³-hybridized carbons (Fsp3) is 0.333. The van der Waals surface area contributed by atoms with Gasteiger partial charge in [-0.2, -0.15) is 0 Å². The molecule has 6 heteroatoms. The van der Waals surface area contributed by atoms with Crippen molar-refractivity contribution in [2.75, 3.05) is 14.2 Å². The molecule has 1 aromatic carbocycles. The van der Waals surface area contributed by atoms with Crippen molar-refractivity contribution in [1.82, 2.24) is 4.98 Å². The summed E-state index contributed by atoms with van der Waals surface area (Å²) in [4.78, 5) is 26.2. The molecule has 0 radical (unpaired) electrons. The number of pyridine rings is 1. The third-order valence-electron chi connectivity index (χ3n) is 3.38. The van der Waals surface area contributed by atoms with Gasteiger partial charge in [-0.3, -0.25) is 9.59 Å². The number of ether oxygens (including phenoxy) is 2. The second-order valence-corrected chi connectivity index (χ2v) is 4.87. The van der Waals surface area contributed by atoms with Gasteiger partial charge in [-0.1, -0.05) is 0 Å². The van der Waals surface area contributed by atoms with Crippen molar-refractivity contribution in [2.45, 2.75) is 19.4 Å². The second-order valence-electron chi connectivity index (χ2n) is 4.87. The molecular formula is C15H18N2O4. The Kier molecular flexibility index (Phi) is 4.28. The highest BCUT2D eigenvalue weighted by molar-refractivity contribution is 5.82. The second kappa shape index (κ2) is 5.97. The number of rotatable bonds is 4. The van der Waals surface area contributed by atoms with Gasteiger partial charge in [-0.15, -0.1) is 0 Å². The van der Waals surface area contributed by atoms with Crippen LogP contribution in [0.1, 0.15) is 11.1 Å². The number of fused-ring (bicyclic) bond motifs is 1. The molecule has 0 saturated carbocycles. The molecule has 0 aliphatic carbocycles. The van der Waals surface area contributed by atoms with Crippen LogP contribution in [0, 0.1) is 6.92 Å². The zero-order valence-electron chi connectivity index (χ0n) is 12.2. The molecule has 3 N–H and O–H groups in total. The first-order valence-electron chi connectivity index (χ1n) is 6.50. The quantitative estimate of drug-likeness (QED) is 0.815. The Bertz CT molecular complexity index is 736. The maximum Gasteiger partial charge on any atom is 0.322 e. The van der Waals surface area contributed by atoms with Crippen molar-refractivity contribution in [1.29, 1.82) is 0 Å². The van der Waals surface area contributed by atoms with Crippen LogP contribution in [0.4, 0.5) is 0 Å². The number of methoxy groups -OCH3 is 2. The monoisotopic (exact) mass is 290 g/mol. The van der Waals surface area contributed by atoms with Crippen LogP contribution >= 0.6 is 0 Å². The minimum Gasteiger partial charge on any atom is -0.496 e. The molecule has 0 bridgehead atoms. The van der Waals surface area contributed by atoms with Crippen molar-refractivity contribution in [2.24, 2.45) is 5.73 Å². The van der Waals surface area contributed by atoms with Gasteiger partial charge in [-0.25, -0.2) is 0 Å². The van der Waals surface area contributed by atoms with E-state index in [1.807, 2.05) is 19.1 Å². The molecule has 1 heterocycles. The van der Waals surface area contributed by atoms with Crippen LogP contribution in [-0.4, -0.2) is 31.2 Å². The van der Waals surface area contributed by atoms with E-state index < -0.39 is 12.0 Å². The smallest absolute Gasteiger partial charge is 0.322 e. The van der Waals surface area contributed by atoms with E-state index in [0.717, 1.165) is 16.7 Å². The maximum absolute atomic E-state index is 12.1. The van der Waals surface area contributed by atoms with Crippen molar-refractivity contribution in [3.05, 3.63) is 39.7 Å². The molecule has 2 rings (SSSR count). The highest BCUT2D eigenvalue weighted by Gasteiger charge is 2.16. The van der Waals surface area contributed by atoms with Crippen molar-refractivity contribution in [3.63, 3.8) is 0 Å². The molecular weight excluding hydrogens is 272 g/mol. The summed E-state index contributed by atoms with van der Waals surface area (Å²) in [5.41, 5.74) is 7.53. The van der Waals surface area contributed by atoms with Gasteiger partial charge in [0.2, 0.25) is 0 Å². The molecule has 112 valence electrons. The molecule has 0 fully saturated rings. The lowest BCUT2D eigenvalue weighted by molar-refractivity contribution is -0.142. The average Bonchev–Trinajstić information content (AvgIpc) is 2.46. The van der Waals surface area contributed by atoms with Crippen molar-refractivity contribution in [3.8, 4) is 5.75 Å². The summed E-state index contributed by atoms with van der Waals surface area (Å²) in [5, 5.41) is 0.823. The van der Waals surface area contributed by atoms with Crippen molar-refractivity contribution >= 4 is 16.9 Å². The Labute approximate surface area is 121 Å². The topological polar surface area (TPSA) is 94.4 Å². The zero-order valence-corrected chi connectivity index (χ0v) is 12.2. The van der Waals surface area contributed by atoms with Gasteiger partial charge in [0.05, 0.1) is 14.2 Å². The third kappa shape index (κ3) is 3.05. The number of aromatic amines is 1. The molecule has 0 spiro atoms. The molecule has 1 atom stereocenters. The van der Waals surface area contributed by atoms with Crippen LogP contribution in [0.2, 0.25) is 0 Å². The minimum absolute atomic E-state index is 0.119. The first-order chi connectivity index (χ1) is 9.96. The van der Waals surface area contributed by atoms with E-state index in [2.05, 4.69) is 9.72 Å². The number of nitrogens with two attached hydrogens (primary N) is 1. The number of hydrogen-bond acceptors (Lipinski definition) is 5. The summed E-state index contributed by atoms with van der Waals surface area (Å²) in [6.45, 7) is 1.90. The molecule has 0 aliphatic rings.